The molecule has 0 aliphatic carbocycles. The average Bonchev–Trinajstić information content (AvgIpc) is 2.73. The number of benzene rings is 2. The number of aryl methyl sites for hydroxylation is 1. The summed E-state index contributed by atoms with van der Waals surface area (Å²) in [7, 11) is 0. The fraction of sp³-hybridized carbons (Fsp3) is 0.381. The van der Waals surface area contributed by atoms with Gasteiger partial charge in [-0.25, -0.2) is 0 Å². The Balaban J connectivity index is 1.55. The molecule has 0 unspecified atom stereocenters. The highest BCUT2D eigenvalue weighted by Gasteiger charge is 2.17. The van der Waals surface area contributed by atoms with E-state index in [0.29, 0.717) is 5.69 Å². The van der Waals surface area contributed by atoms with Crippen LogP contribution in [0.3, 0.4) is 0 Å². The molecule has 1 fully saturated rings. The van der Waals surface area contributed by atoms with Crippen molar-refractivity contribution in [3.63, 3.8) is 0 Å². The van der Waals surface area contributed by atoms with Crippen LogP contribution in [0.15, 0.2) is 42.5 Å². The molecule has 0 saturated carbocycles. The molecular formula is C21H26N4O4. The van der Waals surface area contributed by atoms with Crippen LogP contribution in [0, 0.1) is 17.0 Å². The van der Waals surface area contributed by atoms with Crippen LogP contribution in [-0.4, -0.2) is 55.1 Å². The second kappa shape index (κ2) is 9.38. The van der Waals surface area contributed by atoms with Crippen molar-refractivity contribution in [2.45, 2.75) is 13.8 Å². The number of non-ortho nitro benzene ring substituents is 1. The number of carbonyl (C=O) groups excluding carboxylic acids is 1. The van der Waals surface area contributed by atoms with Crippen LogP contribution >= 0.6 is 0 Å². The number of carbonyl (C=O) groups is 1. The van der Waals surface area contributed by atoms with Crippen LogP contribution in [0.4, 0.5) is 17.1 Å². The van der Waals surface area contributed by atoms with Gasteiger partial charge >= 0.3 is 0 Å². The number of nitro groups is 1. The van der Waals surface area contributed by atoms with Crippen molar-refractivity contribution in [1.82, 2.24) is 4.90 Å². The first kappa shape index (κ1) is 20.6. The number of likely N-dealkylation sites (N-methyl/N-ethyl adjacent to an activating group) is 1. The number of amides is 1. The highest BCUT2D eigenvalue weighted by Crippen LogP contribution is 2.25. The largest absolute Gasteiger partial charge is 0.484 e. The van der Waals surface area contributed by atoms with Crippen molar-refractivity contribution in [2.24, 2.45) is 0 Å². The van der Waals surface area contributed by atoms with Crippen molar-refractivity contribution < 1.29 is 14.5 Å². The van der Waals surface area contributed by atoms with Crippen LogP contribution in [-0.2, 0) is 4.79 Å². The Morgan fingerprint density at radius 3 is 2.59 bits per heavy atom. The molecule has 2 aromatic carbocycles. The molecule has 2 aromatic rings. The van der Waals surface area contributed by atoms with Gasteiger partial charge in [-0.2, -0.15) is 0 Å². The summed E-state index contributed by atoms with van der Waals surface area (Å²) >= 11 is 0. The smallest absolute Gasteiger partial charge is 0.273 e. The van der Waals surface area contributed by atoms with Crippen molar-refractivity contribution in [2.75, 3.05) is 49.5 Å². The first-order valence-electron chi connectivity index (χ1n) is 9.71. The Bertz CT molecular complexity index is 879. The van der Waals surface area contributed by atoms with E-state index in [1.54, 1.807) is 6.07 Å². The molecule has 154 valence electrons. The Hall–Kier alpha value is -3.13. The molecular weight excluding hydrogens is 372 g/mol. The zero-order valence-electron chi connectivity index (χ0n) is 16.8. The minimum Gasteiger partial charge on any atom is -0.484 e. The normalized spacial score (nSPS) is 14.5. The van der Waals surface area contributed by atoms with Gasteiger partial charge in [-0.3, -0.25) is 14.9 Å². The van der Waals surface area contributed by atoms with Gasteiger partial charge in [-0.1, -0.05) is 13.0 Å². The van der Waals surface area contributed by atoms with E-state index < -0.39 is 4.92 Å². The SMILES string of the molecule is CCN1CCN(c2ccc(NC(=O)COc3cccc([N+](=O)[O-])c3)cc2C)CC1. The Kier molecular flexibility index (Phi) is 6.66. The Labute approximate surface area is 170 Å². The predicted molar refractivity (Wildman–Crippen MR) is 113 cm³/mol. The topological polar surface area (TPSA) is 88.0 Å². The second-order valence-corrected chi connectivity index (χ2v) is 7.01. The van der Waals surface area contributed by atoms with Crippen LogP contribution in [0.25, 0.3) is 0 Å². The molecule has 1 N–H and O–H groups in total. The molecule has 3 rings (SSSR count). The number of rotatable bonds is 7. The fourth-order valence-electron chi connectivity index (χ4n) is 3.43. The van der Waals surface area contributed by atoms with E-state index in [1.165, 1.54) is 23.9 Å². The third kappa shape index (κ3) is 5.45. The summed E-state index contributed by atoms with van der Waals surface area (Å²) in [6.07, 6.45) is 0. The summed E-state index contributed by atoms with van der Waals surface area (Å²) in [4.78, 5) is 27.3. The first-order chi connectivity index (χ1) is 14.0. The van der Waals surface area contributed by atoms with Gasteiger partial charge in [-0.15, -0.1) is 0 Å². The maximum absolute atomic E-state index is 12.2. The number of hydrogen-bond acceptors (Lipinski definition) is 6. The van der Waals surface area contributed by atoms with E-state index in [1.807, 2.05) is 25.1 Å². The fourth-order valence-corrected chi connectivity index (χ4v) is 3.43. The predicted octanol–water partition coefficient (Wildman–Crippen LogP) is 3.06. The highest BCUT2D eigenvalue weighted by atomic mass is 16.6. The molecule has 1 amide bonds. The lowest BCUT2D eigenvalue weighted by atomic mass is 10.1. The zero-order valence-corrected chi connectivity index (χ0v) is 16.8. The summed E-state index contributed by atoms with van der Waals surface area (Å²) in [5, 5.41) is 13.6. The molecule has 0 radical (unpaired) electrons. The molecule has 1 aliphatic heterocycles. The van der Waals surface area contributed by atoms with E-state index in [2.05, 4.69) is 22.0 Å². The van der Waals surface area contributed by atoms with E-state index in [-0.39, 0.29) is 24.0 Å². The summed E-state index contributed by atoms with van der Waals surface area (Å²) < 4.78 is 5.37. The number of nitro benzene ring substituents is 1. The summed E-state index contributed by atoms with van der Waals surface area (Å²) in [6, 6.07) is 11.6. The van der Waals surface area contributed by atoms with Gasteiger partial charge < -0.3 is 19.9 Å². The number of ether oxygens (including phenoxy) is 1. The number of nitrogens with zero attached hydrogens (tertiary/aromatic N) is 3. The third-order valence-electron chi connectivity index (χ3n) is 5.04. The van der Waals surface area contributed by atoms with Crippen molar-refractivity contribution in [3.05, 3.63) is 58.1 Å². The van der Waals surface area contributed by atoms with Gasteiger partial charge in [0.15, 0.2) is 6.61 Å². The maximum Gasteiger partial charge on any atom is 0.273 e. The van der Waals surface area contributed by atoms with Gasteiger partial charge in [0.1, 0.15) is 5.75 Å². The van der Waals surface area contributed by atoms with Crippen LogP contribution in [0.5, 0.6) is 5.75 Å². The van der Waals surface area contributed by atoms with Gasteiger partial charge in [-0.05, 0) is 43.3 Å². The molecule has 8 heteroatoms. The molecule has 8 nitrogen and oxygen atoms in total. The summed E-state index contributed by atoms with van der Waals surface area (Å²) in [5.41, 5.74) is 2.92. The minimum absolute atomic E-state index is 0.0751. The minimum atomic E-state index is -0.501. The number of piperazine rings is 1. The monoisotopic (exact) mass is 398 g/mol. The summed E-state index contributed by atoms with van der Waals surface area (Å²) in [6.45, 7) is 9.19. The number of nitrogens with one attached hydrogen (secondary N) is 1. The molecule has 0 spiro atoms. The molecule has 1 heterocycles. The number of hydrogen-bond donors (Lipinski definition) is 1. The van der Waals surface area contributed by atoms with Crippen molar-refractivity contribution in [1.29, 1.82) is 0 Å². The first-order valence-corrected chi connectivity index (χ1v) is 9.71. The highest BCUT2D eigenvalue weighted by molar-refractivity contribution is 5.92. The van der Waals surface area contributed by atoms with E-state index in [4.69, 9.17) is 4.74 Å². The lowest BCUT2D eigenvalue weighted by molar-refractivity contribution is -0.384. The van der Waals surface area contributed by atoms with Gasteiger partial charge in [0, 0.05) is 43.6 Å². The summed E-state index contributed by atoms with van der Waals surface area (Å²) in [5.74, 6) is -0.0349. The molecule has 29 heavy (non-hydrogen) atoms. The molecule has 1 saturated heterocycles. The van der Waals surface area contributed by atoms with E-state index in [9.17, 15) is 14.9 Å². The second-order valence-electron chi connectivity index (χ2n) is 7.01. The van der Waals surface area contributed by atoms with Gasteiger partial charge in [0.2, 0.25) is 0 Å². The van der Waals surface area contributed by atoms with Gasteiger partial charge in [0.25, 0.3) is 11.6 Å². The quantitative estimate of drug-likeness (QED) is 0.570. The zero-order chi connectivity index (χ0) is 20.8. The Morgan fingerprint density at radius 2 is 1.93 bits per heavy atom. The van der Waals surface area contributed by atoms with Crippen LogP contribution in [0.1, 0.15) is 12.5 Å². The Morgan fingerprint density at radius 1 is 1.17 bits per heavy atom. The standard InChI is InChI=1S/C21H26N4O4/c1-3-23-9-11-24(12-10-23)20-8-7-17(13-16(20)2)22-21(26)15-29-19-6-4-5-18(14-19)25(27)28/h4-8,13-14H,3,9-12,15H2,1-2H3,(H,22,26). The van der Waals surface area contributed by atoms with E-state index >= 15 is 0 Å². The average molecular weight is 398 g/mol. The molecule has 0 atom stereocenters. The van der Waals surface area contributed by atoms with Crippen molar-refractivity contribution in [3.8, 4) is 5.75 Å². The maximum atomic E-state index is 12.2. The molecule has 1 aliphatic rings. The lowest BCUT2D eigenvalue weighted by Gasteiger charge is -2.36. The van der Waals surface area contributed by atoms with Crippen molar-refractivity contribution >= 4 is 23.0 Å². The number of anilines is 2. The lowest BCUT2D eigenvalue weighted by Crippen LogP contribution is -2.46. The van der Waals surface area contributed by atoms with Crippen LogP contribution in [0.2, 0.25) is 0 Å². The third-order valence-corrected chi connectivity index (χ3v) is 5.04. The molecule has 0 bridgehead atoms. The van der Waals surface area contributed by atoms with Gasteiger partial charge in [0.05, 0.1) is 11.0 Å². The van der Waals surface area contributed by atoms with Crippen LogP contribution < -0.4 is 15.0 Å². The molecule has 0 aromatic heterocycles. The van der Waals surface area contributed by atoms with E-state index in [0.717, 1.165) is 38.3 Å².